The van der Waals surface area contributed by atoms with Gasteiger partial charge in [0.1, 0.15) is 12.1 Å². The highest BCUT2D eigenvalue weighted by Crippen LogP contribution is 2.32. The number of carbonyl (C=O) groups is 3. The van der Waals surface area contributed by atoms with E-state index in [1.54, 1.807) is 6.92 Å². The summed E-state index contributed by atoms with van der Waals surface area (Å²) < 4.78 is 0. The summed E-state index contributed by atoms with van der Waals surface area (Å²) in [4.78, 5) is 37.2. The number of hydrogen-bond acceptors (Lipinski definition) is 3. The summed E-state index contributed by atoms with van der Waals surface area (Å²) in [6, 6.07) is 5.40. The zero-order chi connectivity index (χ0) is 15.9. The van der Waals surface area contributed by atoms with Gasteiger partial charge < -0.3 is 10.6 Å². The molecule has 0 radical (unpaired) electrons. The Morgan fingerprint density at radius 1 is 1.32 bits per heavy atom. The third kappa shape index (κ3) is 2.15. The highest BCUT2D eigenvalue weighted by atomic mass is 16.2. The van der Waals surface area contributed by atoms with Crippen molar-refractivity contribution in [1.82, 2.24) is 15.5 Å². The van der Waals surface area contributed by atoms with E-state index in [2.05, 4.69) is 10.6 Å². The zero-order valence-corrected chi connectivity index (χ0v) is 12.7. The Balaban J connectivity index is 1.91. The standard InChI is InChI=1S/C16H19N3O3/c1-16(12-7-6-10-4-3-5-11(10)8-12)14(21)19(15(22)18-16)9-13(20)17-2/h6-8H,3-5,9H2,1-2H3,(H,17,20)(H,18,22)/t16-/m1/s1. The van der Waals surface area contributed by atoms with Gasteiger partial charge in [-0.25, -0.2) is 4.79 Å². The van der Waals surface area contributed by atoms with Gasteiger partial charge in [-0.3, -0.25) is 14.5 Å². The number of urea groups is 1. The van der Waals surface area contributed by atoms with Gasteiger partial charge >= 0.3 is 6.03 Å². The van der Waals surface area contributed by atoms with Crippen LogP contribution in [0.15, 0.2) is 18.2 Å². The summed E-state index contributed by atoms with van der Waals surface area (Å²) in [5.74, 6) is -0.763. The fraction of sp³-hybridized carbons (Fsp3) is 0.438. The van der Waals surface area contributed by atoms with Crippen LogP contribution in [-0.2, 0) is 28.0 Å². The van der Waals surface area contributed by atoms with Crippen molar-refractivity contribution in [3.8, 4) is 0 Å². The Hall–Kier alpha value is -2.37. The lowest BCUT2D eigenvalue weighted by atomic mass is 9.89. The molecule has 1 fully saturated rings. The van der Waals surface area contributed by atoms with Gasteiger partial charge in [0.05, 0.1) is 0 Å². The molecule has 0 spiro atoms. The average molecular weight is 301 g/mol. The number of likely N-dealkylation sites (N-methyl/N-ethyl adjacent to an activating group) is 1. The number of nitrogens with one attached hydrogen (secondary N) is 2. The summed E-state index contributed by atoms with van der Waals surface area (Å²) in [5.41, 5.74) is 2.21. The van der Waals surface area contributed by atoms with Gasteiger partial charge in [-0.15, -0.1) is 0 Å². The van der Waals surface area contributed by atoms with Crippen LogP contribution in [0.3, 0.4) is 0 Å². The molecule has 0 bridgehead atoms. The third-order valence-corrected chi connectivity index (χ3v) is 4.53. The van der Waals surface area contributed by atoms with Crippen molar-refractivity contribution >= 4 is 17.8 Å². The minimum Gasteiger partial charge on any atom is -0.358 e. The van der Waals surface area contributed by atoms with Crippen molar-refractivity contribution in [2.45, 2.75) is 31.7 Å². The van der Waals surface area contributed by atoms with E-state index in [1.807, 2.05) is 18.2 Å². The van der Waals surface area contributed by atoms with Crippen molar-refractivity contribution in [2.75, 3.05) is 13.6 Å². The van der Waals surface area contributed by atoms with Gasteiger partial charge in [0, 0.05) is 7.05 Å². The number of nitrogens with zero attached hydrogens (tertiary/aromatic N) is 1. The van der Waals surface area contributed by atoms with Crippen LogP contribution in [-0.4, -0.2) is 36.3 Å². The summed E-state index contributed by atoms with van der Waals surface area (Å²) >= 11 is 0. The molecule has 1 saturated heterocycles. The molecule has 6 heteroatoms. The maximum atomic E-state index is 12.7. The molecule has 1 aromatic carbocycles. The van der Waals surface area contributed by atoms with Gasteiger partial charge in [-0.2, -0.15) is 0 Å². The smallest absolute Gasteiger partial charge is 0.325 e. The lowest BCUT2D eigenvalue weighted by molar-refractivity contribution is -0.134. The number of rotatable bonds is 3. The molecule has 1 atom stereocenters. The molecule has 3 rings (SSSR count). The average Bonchev–Trinajstić information content (AvgIpc) is 3.05. The van der Waals surface area contributed by atoms with Crippen LogP contribution in [0.5, 0.6) is 0 Å². The van der Waals surface area contributed by atoms with E-state index in [9.17, 15) is 14.4 Å². The number of hydrogen-bond donors (Lipinski definition) is 2. The molecule has 2 aliphatic rings. The molecular formula is C16H19N3O3. The Bertz CT molecular complexity index is 671. The van der Waals surface area contributed by atoms with Gasteiger partial charge in [0.2, 0.25) is 5.91 Å². The fourth-order valence-electron chi connectivity index (χ4n) is 3.14. The van der Waals surface area contributed by atoms with Crippen molar-refractivity contribution in [1.29, 1.82) is 0 Å². The van der Waals surface area contributed by atoms with E-state index in [-0.39, 0.29) is 18.4 Å². The summed E-state index contributed by atoms with van der Waals surface area (Å²) in [7, 11) is 1.47. The molecule has 0 aromatic heterocycles. The molecule has 22 heavy (non-hydrogen) atoms. The molecule has 116 valence electrons. The normalized spacial score (nSPS) is 23.5. The van der Waals surface area contributed by atoms with Crippen LogP contribution in [0.25, 0.3) is 0 Å². The lowest BCUT2D eigenvalue weighted by Crippen LogP contribution is -2.42. The molecule has 0 unspecified atom stereocenters. The second kappa shape index (κ2) is 5.12. The van der Waals surface area contributed by atoms with Crippen LogP contribution in [0.1, 0.15) is 30.0 Å². The highest BCUT2D eigenvalue weighted by molar-refractivity contribution is 6.09. The first-order chi connectivity index (χ1) is 10.5. The van der Waals surface area contributed by atoms with Crippen molar-refractivity contribution in [2.24, 2.45) is 0 Å². The Labute approximate surface area is 128 Å². The molecule has 4 amide bonds. The van der Waals surface area contributed by atoms with Crippen LogP contribution in [0, 0.1) is 0 Å². The maximum Gasteiger partial charge on any atom is 0.325 e. The number of amides is 4. The number of carbonyl (C=O) groups excluding carboxylic acids is 3. The molecule has 0 saturated carbocycles. The molecule has 1 aromatic rings. The number of aryl methyl sites for hydroxylation is 2. The summed E-state index contributed by atoms with van der Waals surface area (Å²) in [6.45, 7) is 1.43. The molecule has 6 nitrogen and oxygen atoms in total. The first kappa shape index (κ1) is 14.6. The SMILES string of the molecule is CNC(=O)CN1C(=O)N[C@](C)(c2ccc3c(c2)CCC3)C1=O. The Morgan fingerprint density at radius 3 is 2.77 bits per heavy atom. The second-order valence-corrected chi connectivity index (χ2v) is 5.96. The Morgan fingerprint density at radius 2 is 2.05 bits per heavy atom. The van der Waals surface area contributed by atoms with E-state index >= 15 is 0 Å². The van der Waals surface area contributed by atoms with Gasteiger partial charge in [-0.05, 0) is 42.9 Å². The van der Waals surface area contributed by atoms with Gasteiger partial charge in [-0.1, -0.05) is 18.2 Å². The Kier molecular flexibility index (Phi) is 3.39. The van der Waals surface area contributed by atoms with E-state index < -0.39 is 11.6 Å². The lowest BCUT2D eigenvalue weighted by Gasteiger charge is -2.23. The summed E-state index contributed by atoms with van der Waals surface area (Å²) in [5, 5.41) is 5.15. The van der Waals surface area contributed by atoms with E-state index in [0.717, 1.165) is 29.7 Å². The van der Waals surface area contributed by atoms with Gasteiger partial charge in [0.15, 0.2) is 0 Å². The van der Waals surface area contributed by atoms with Crippen molar-refractivity contribution < 1.29 is 14.4 Å². The van der Waals surface area contributed by atoms with Crippen molar-refractivity contribution in [3.05, 3.63) is 34.9 Å². The maximum absolute atomic E-state index is 12.7. The largest absolute Gasteiger partial charge is 0.358 e. The quantitative estimate of drug-likeness (QED) is 0.806. The second-order valence-electron chi connectivity index (χ2n) is 5.96. The predicted octanol–water partition coefficient (Wildman–Crippen LogP) is 0.688. The number of imide groups is 1. The van der Waals surface area contributed by atoms with E-state index in [0.29, 0.717) is 0 Å². The van der Waals surface area contributed by atoms with Crippen molar-refractivity contribution in [3.63, 3.8) is 0 Å². The summed E-state index contributed by atoms with van der Waals surface area (Å²) in [6.07, 6.45) is 3.19. The molecule has 1 heterocycles. The highest BCUT2D eigenvalue weighted by Gasteiger charge is 2.49. The first-order valence-electron chi connectivity index (χ1n) is 7.42. The topological polar surface area (TPSA) is 78.5 Å². The van der Waals surface area contributed by atoms with Gasteiger partial charge in [0.25, 0.3) is 5.91 Å². The van der Waals surface area contributed by atoms with Crippen LogP contribution in [0.2, 0.25) is 0 Å². The molecule has 1 aliphatic carbocycles. The van der Waals surface area contributed by atoms with Crippen LogP contribution >= 0.6 is 0 Å². The minimum absolute atomic E-state index is 0.262. The van der Waals surface area contributed by atoms with E-state index in [4.69, 9.17) is 0 Å². The number of fused-ring (bicyclic) bond motifs is 1. The zero-order valence-electron chi connectivity index (χ0n) is 12.7. The van der Waals surface area contributed by atoms with Crippen LogP contribution < -0.4 is 10.6 Å². The molecule has 1 aliphatic heterocycles. The molecule has 2 N–H and O–H groups in total. The molecular weight excluding hydrogens is 282 g/mol. The van der Waals surface area contributed by atoms with Crippen LogP contribution in [0.4, 0.5) is 4.79 Å². The van der Waals surface area contributed by atoms with E-state index in [1.165, 1.54) is 18.2 Å². The first-order valence-corrected chi connectivity index (χ1v) is 7.42. The fourth-order valence-corrected chi connectivity index (χ4v) is 3.14. The predicted molar refractivity (Wildman–Crippen MR) is 80.1 cm³/mol. The monoisotopic (exact) mass is 301 g/mol. The number of benzene rings is 1. The third-order valence-electron chi connectivity index (χ3n) is 4.53. The minimum atomic E-state index is -1.11.